The molecule has 2 aromatic rings. The van der Waals surface area contributed by atoms with Gasteiger partial charge in [0, 0.05) is 23.6 Å². The molecule has 1 atom stereocenters. The van der Waals surface area contributed by atoms with E-state index in [9.17, 15) is 9.59 Å². The molecule has 1 aliphatic rings. The van der Waals surface area contributed by atoms with Gasteiger partial charge in [-0.25, -0.2) is 0 Å². The van der Waals surface area contributed by atoms with E-state index in [1.165, 1.54) is 0 Å². The highest BCUT2D eigenvalue weighted by Crippen LogP contribution is 2.28. The van der Waals surface area contributed by atoms with Crippen LogP contribution in [-0.4, -0.2) is 24.3 Å². The lowest BCUT2D eigenvalue weighted by Crippen LogP contribution is -2.44. The maximum absolute atomic E-state index is 12.5. The van der Waals surface area contributed by atoms with Crippen molar-refractivity contribution in [2.24, 2.45) is 5.73 Å². The van der Waals surface area contributed by atoms with Crippen molar-refractivity contribution >= 4 is 11.7 Å². The average Bonchev–Trinajstić information content (AvgIpc) is 2.50. The number of Topliss-reactive ketones (excluding diaryl/α,β-unsaturated/α-hetero) is 1. The van der Waals surface area contributed by atoms with Crippen LogP contribution in [0.4, 0.5) is 0 Å². The van der Waals surface area contributed by atoms with E-state index in [0.29, 0.717) is 16.7 Å². The van der Waals surface area contributed by atoms with Gasteiger partial charge >= 0.3 is 0 Å². The lowest BCUT2D eigenvalue weighted by Gasteiger charge is -2.26. The molecule has 1 amide bonds. The molecule has 22 heavy (non-hydrogen) atoms. The summed E-state index contributed by atoms with van der Waals surface area (Å²) in [5.41, 5.74) is 7.88. The predicted molar refractivity (Wildman–Crippen MR) is 85.4 cm³/mol. The molecule has 3 rings (SSSR count). The Morgan fingerprint density at radius 3 is 2.09 bits per heavy atom. The van der Waals surface area contributed by atoms with Gasteiger partial charge in [0.1, 0.15) is 0 Å². The third-order valence-electron chi connectivity index (χ3n) is 3.89. The standard InChI is InChI=1S/C18H17N2O2/c19-18(22)16-8-4-2-6-14(16)13-5-1-3-7-15(13)17(21)11-12-9-10-20-12/h1-8,11-12,20H,9-10H2,(H2,19,22). The summed E-state index contributed by atoms with van der Waals surface area (Å²) in [5, 5.41) is 3.18. The van der Waals surface area contributed by atoms with Gasteiger partial charge in [0.05, 0.1) is 0 Å². The van der Waals surface area contributed by atoms with Crippen molar-refractivity contribution in [1.29, 1.82) is 0 Å². The van der Waals surface area contributed by atoms with Crippen LogP contribution in [-0.2, 0) is 0 Å². The van der Waals surface area contributed by atoms with E-state index < -0.39 is 5.91 Å². The number of rotatable bonds is 5. The number of amides is 1. The summed E-state index contributed by atoms with van der Waals surface area (Å²) in [6.45, 7) is 0.945. The SMILES string of the molecule is NC(=O)c1ccccc1-c1ccccc1C(=O)[CH]C1CCN1. The Bertz CT molecular complexity index is 721. The Morgan fingerprint density at radius 1 is 1.00 bits per heavy atom. The Kier molecular flexibility index (Phi) is 4.02. The molecule has 1 saturated heterocycles. The van der Waals surface area contributed by atoms with Crippen molar-refractivity contribution in [3.05, 3.63) is 66.1 Å². The van der Waals surface area contributed by atoms with Gasteiger partial charge in [-0.15, -0.1) is 0 Å². The molecule has 1 unspecified atom stereocenters. The molecule has 111 valence electrons. The van der Waals surface area contributed by atoms with Crippen molar-refractivity contribution < 1.29 is 9.59 Å². The van der Waals surface area contributed by atoms with Crippen LogP contribution < -0.4 is 11.1 Å². The van der Waals surface area contributed by atoms with E-state index in [0.717, 1.165) is 18.5 Å². The summed E-state index contributed by atoms with van der Waals surface area (Å²) in [6.07, 6.45) is 2.68. The quantitative estimate of drug-likeness (QED) is 0.830. The topological polar surface area (TPSA) is 72.2 Å². The number of hydrogen-bond donors (Lipinski definition) is 2. The van der Waals surface area contributed by atoms with Crippen molar-refractivity contribution in [2.75, 3.05) is 6.54 Å². The summed E-state index contributed by atoms with van der Waals surface area (Å²) in [6, 6.07) is 14.5. The second-order valence-electron chi connectivity index (χ2n) is 5.34. The van der Waals surface area contributed by atoms with Crippen molar-refractivity contribution in [2.45, 2.75) is 12.5 Å². The zero-order chi connectivity index (χ0) is 15.5. The van der Waals surface area contributed by atoms with Gasteiger partial charge in [-0.05, 0) is 30.2 Å². The predicted octanol–water partition coefficient (Wildman–Crippen LogP) is 2.20. The van der Waals surface area contributed by atoms with Gasteiger partial charge in [-0.1, -0.05) is 42.5 Å². The van der Waals surface area contributed by atoms with Gasteiger partial charge in [0.25, 0.3) is 0 Å². The molecule has 0 aliphatic carbocycles. The number of nitrogens with one attached hydrogen (secondary N) is 1. The molecule has 0 spiro atoms. The normalized spacial score (nSPS) is 16.8. The van der Waals surface area contributed by atoms with E-state index in [4.69, 9.17) is 5.73 Å². The first-order valence-corrected chi connectivity index (χ1v) is 7.27. The fraction of sp³-hybridized carbons (Fsp3) is 0.167. The van der Waals surface area contributed by atoms with Crippen LogP contribution in [0.1, 0.15) is 27.1 Å². The third kappa shape index (κ3) is 2.78. The van der Waals surface area contributed by atoms with Crippen LogP contribution >= 0.6 is 0 Å². The highest BCUT2D eigenvalue weighted by molar-refractivity contribution is 6.10. The number of primary amides is 1. The molecule has 0 saturated carbocycles. The van der Waals surface area contributed by atoms with E-state index in [-0.39, 0.29) is 11.8 Å². The number of carbonyl (C=O) groups excluding carboxylic acids is 2. The van der Waals surface area contributed by atoms with Crippen LogP contribution in [0, 0.1) is 6.42 Å². The van der Waals surface area contributed by atoms with Gasteiger partial charge in [-0.3, -0.25) is 9.59 Å². The Balaban J connectivity index is 2.01. The first-order chi connectivity index (χ1) is 10.7. The summed E-state index contributed by atoms with van der Waals surface area (Å²) in [5.74, 6) is -0.533. The molecule has 3 N–H and O–H groups in total. The van der Waals surface area contributed by atoms with Crippen LogP contribution in [0.25, 0.3) is 11.1 Å². The number of nitrogens with two attached hydrogens (primary N) is 1. The van der Waals surface area contributed by atoms with E-state index in [1.807, 2.05) is 30.3 Å². The van der Waals surface area contributed by atoms with Gasteiger partial charge < -0.3 is 11.1 Å². The van der Waals surface area contributed by atoms with Gasteiger partial charge in [0.2, 0.25) is 5.91 Å². The molecule has 2 aromatic carbocycles. The molecule has 0 aromatic heterocycles. The van der Waals surface area contributed by atoms with E-state index >= 15 is 0 Å². The summed E-state index contributed by atoms with van der Waals surface area (Å²) in [7, 11) is 0. The van der Waals surface area contributed by atoms with Crippen LogP contribution in [0.5, 0.6) is 0 Å². The monoisotopic (exact) mass is 293 g/mol. The maximum Gasteiger partial charge on any atom is 0.249 e. The second kappa shape index (κ2) is 6.12. The maximum atomic E-state index is 12.5. The van der Waals surface area contributed by atoms with Crippen LogP contribution in [0.2, 0.25) is 0 Å². The first kappa shape index (κ1) is 14.5. The highest BCUT2D eigenvalue weighted by atomic mass is 16.1. The molecule has 4 heteroatoms. The number of carbonyl (C=O) groups is 2. The fourth-order valence-electron chi connectivity index (χ4n) is 2.59. The Hall–Kier alpha value is -2.46. The minimum absolute atomic E-state index is 0.0351. The van der Waals surface area contributed by atoms with Crippen molar-refractivity contribution in [1.82, 2.24) is 5.32 Å². The van der Waals surface area contributed by atoms with Crippen molar-refractivity contribution in [3.63, 3.8) is 0 Å². The summed E-state index contributed by atoms with van der Waals surface area (Å²) < 4.78 is 0. The summed E-state index contributed by atoms with van der Waals surface area (Å²) >= 11 is 0. The summed E-state index contributed by atoms with van der Waals surface area (Å²) in [4.78, 5) is 24.1. The van der Waals surface area contributed by atoms with Gasteiger partial charge in [-0.2, -0.15) is 0 Å². The van der Waals surface area contributed by atoms with E-state index in [1.54, 1.807) is 24.6 Å². The largest absolute Gasteiger partial charge is 0.366 e. The number of hydrogen-bond acceptors (Lipinski definition) is 3. The molecule has 4 nitrogen and oxygen atoms in total. The fourth-order valence-corrected chi connectivity index (χ4v) is 2.59. The van der Waals surface area contributed by atoms with Crippen molar-refractivity contribution in [3.8, 4) is 11.1 Å². The molecule has 1 fully saturated rings. The molecule has 0 bridgehead atoms. The lowest BCUT2D eigenvalue weighted by atomic mass is 9.90. The Labute approximate surface area is 129 Å². The van der Waals surface area contributed by atoms with Crippen LogP contribution in [0.15, 0.2) is 48.5 Å². The number of ketones is 1. The smallest absolute Gasteiger partial charge is 0.249 e. The first-order valence-electron chi connectivity index (χ1n) is 7.27. The average molecular weight is 293 g/mol. The van der Waals surface area contributed by atoms with Crippen LogP contribution in [0.3, 0.4) is 0 Å². The zero-order valence-electron chi connectivity index (χ0n) is 12.1. The minimum Gasteiger partial charge on any atom is -0.366 e. The molecular formula is C18H17N2O2. The molecule has 1 radical (unpaired) electrons. The molecular weight excluding hydrogens is 276 g/mol. The molecule has 1 heterocycles. The molecule has 1 aliphatic heterocycles. The van der Waals surface area contributed by atoms with E-state index in [2.05, 4.69) is 5.32 Å². The highest BCUT2D eigenvalue weighted by Gasteiger charge is 2.23. The van der Waals surface area contributed by atoms with Gasteiger partial charge in [0.15, 0.2) is 5.78 Å². The lowest BCUT2D eigenvalue weighted by molar-refractivity contribution is 0.0994. The number of benzene rings is 2. The zero-order valence-corrected chi connectivity index (χ0v) is 12.1. The second-order valence-corrected chi connectivity index (χ2v) is 5.34. The third-order valence-corrected chi connectivity index (χ3v) is 3.89. The minimum atomic E-state index is -0.498. The Morgan fingerprint density at radius 2 is 1.55 bits per heavy atom.